The zero-order valence-corrected chi connectivity index (χ0v) is 11.0. The molecule has 19 heavy (non-hydrogen) atoms. The molecular formula is C13H17N5O. The predicted molar refractivity (Wildman–Crippen MR) is 69.4 cm³/mol. The van der Waals surface area contributed by atoms with Gasteiger partial charge in [-0.1, -0.05) is 18.5 Å². The van der Waals surface area contributed by atoms with E-state index in [9.17, 15) is 0 Å². The van der Waals surface area contributed by atoms with Crippen LogP contribution in [0.15, 0.2) is 23.1 Å². The highest BCUT2D eigenvalue weighted by atomic mass is 16.5. The zero-order valence-electron chi connectivity index (χ0n) is 11.0. The summed E-state index contributed by atoms with van der Waals surface area (Å²) in [6.45, 7) is 4.09. The maximum absolute atomic E-state index is 5.49. The number of aromatic nitrogens is 4. The van der Waals surface area contributed by atoms with Gasteiger partial charge in [0.25, 0.3) is 0 Å². The Morgan fingerprint density at radius 3 is 3.05 bits per heavy atom. The minimum absolute atomic E-state index is 0.0117. The van der Waals surface area contributed by atoms with E-state index < -0.39 is 0 Å². The monoisotopic (exact) mass is 259 g/mol. The molecule has 0 spiro atoms. The third-order valence-electron chi connectivity index (χ3n) is 3.64. The Labute approximate surface area is 111 Å². The van der Waals surface area contributed by atoms with Crippen molar-refractivity contribution in [1.29, 1.82) is 0 Å². The fourth-order valence-electron chi connectivity index (χ4n) is 2.68. The maximum Gasteiger partial charge on any atom is 0.234 e. The quantitative estimate of drug-likeness (QED) is 0.897. The lowest BCUT2D eigenvalue weighted by Crippen LogP contribution is -2.29. The normalized spacial score (nSPS) is 22.8. The van der Waals surface area contributed by atoms with E-state index in [-0.39, 0.29) is 5.41 Å². The second kappa shape index (κ2) is 5.05. The van der Waals surface area contributed by atoms with Gasteiger partial charge in [0.15, 0.2) is 0 Å². The van der Waals surface area contributed by atoms with E-state index in [0.29, 0.717) is 11.5 Å². The summed E-state index contributed by atoms with van der Waals surface area (Å²) in [5, 5.41) is 7.43. The summed E-state index contributed by atoms with van der Waals surface area (Å²) in [6, 6.07) is 0. The van der Waals surface area contributed by atoms with Crippen molar-refractivity contribution in [2.45, 2.75) is 31.6 Å². The van der Waals surface area contributed by atoms with Crippen LogP contribution < -0.4 is 5.32 Å². The number of nitrogens with zero attached hydrogens (tertiary/aromatic N) is 4. The van der Waals surface area contributed by atoms with Gasteiger partial charge in [-0.15, -0.1) is 0 Å². The van der Waals surface area contributed by atoms with E-state index in [4.69, 9.17) is 4.52 Å². The van der Waals surface area contributed by atoms with Crippen molar-refractivity contribution in [3.05, 3.63) is 24.5 Å². The molecule has 0 aromatic carbocycles. The minimum Gasteiger partial charge on any atom is -0.338 e. The SMILES string of the molecule is CCCC1(c2nc(-c3cnccn3)no2)CCNC1. The van der Waals surface area contributed by atoms with Gasteiger partial charge in [-0.25, -0.2) is 4.98 Å². The summed E-state index contributed by atoms with van der Waals surface area (Å²) in [5.74, 6) is 1.24. The molecule has 6 nitrogen and oxygen atoms in total. The molecule has 2 aromatic rings. The predicted octanol–water partition coefficient (Wildman–Crippen LogP) is 1.56. The first-order valence-corrected chi connectivity index (χ1v) is 6.65. The lowest BCUT2D eigenvalue weighted by Gasteiger charge is -2.22. The van der Waals surface area contributed by atoms with E-state index in [1.807, 2.05) is 0 Å². The highest BCUT2D eigenvalue weighted by molar-refractivity contribution is 5.45. The summed E-state index contributed by atoms with van der Waals surface area (Å²) in [5.41, 5.74) is 0.637. The van der Waals surface area contributed by atoms with Crippen LogP contribution in [0, 0.1) is 0 Å². The Balaban J connectivity index is 1.92. The molecule has 1 aliphatic heterocycles. The van der Waals surface area contributed by atoms with Crippen molar-refractivity contribution in [3.63, 3.8) is 0 Å². The summed E-state index contributed by atoms with van der Waals surface area (Å²) in [7, 11) is 0. The van der Waals surface area contributed by atoms with E-state index in [1.54, 1.807) is 18.6 Å². The number of nitrogens with one attached hydrogen (secondary N) is 1. The Morgan fingerprint density at radius 1 is 1.42 bits per heavy atom. The smallest absolute Gasteiger partial charge is 0.234 e. The molecule has 1 fully saturated rings. The Kier molecular flexibility index (Phi) is 3.25. The molecule has 1 atom stereocenters. The minimum atomic E-state index is -0.0117. The molecule has 2 aromatic heterocycles. The molecule has 1 N–H and O–H groups in total. The Hall–Kier alpha value is -1.82. The lowest BCUT2D eigenvalue weighted by molar-refractivity contribution is 0.277. The van der Waals surface area contributed by atoms with Crippen LogP contribution in [0.25, 0.3) is 11.5 Å². The summed E-state index contributed by atoms with van der Waals surface area (Å²) < 4.78 is 5.49. The molecule has 0 amide bonds. The van der Waals surface area contributed by atoms with Gasteiger partial charge in [0.05, 0.1) is 11.6 Å². The van der Waals surface area contributed by atoms with Crippen molar-refractivity contribution in [2.24, 2.45) is 0 Å². The van der Waals surface area contributed by atoms with Gasteiger partial charge in [0, 0.05) is 18.9 Å². The molecule has 1 saturated heterocycles. The van der Waals surface area contributed by atoms with Crippen molar-refractivity contribution >= 4 is 0 Å². The topological polar surface area (TPSA) is 76.7 Å². The highest BCUT2D eigenvalue weighted by Crippen LogP contribution is 2.34. The van der Waals surface area contributed by atoms with Crippen molar-refractivity contribution in [1.82, 2.24) is 25.4 Å². The largest absolute Gasteiger partial charge is 0.338 e. The van der Waals surface area contributed by atoms with Crippen LogP contribution in [-0.4, -0.2) is 33.2 Å². The molecule has 0 radical (unpaired) electrons. The van der Waals surface area contributed by atoms with Gasteiger partial charge in [-0.3, -0.25) is 4.98 Å². The van der Waals surface area contributed by atoms with E-state index >= 15 is 0 Å². The van der Waals surface area contributed by atoms with E-state index in [1.165, 1.54) is 0 Å². The molecule has 6 heteroatoms. The van der Waals surface area contributed by atoms with Crippen LogP contribution in [0.4, 0.5) is 0 Å². The molecule has 3 rings (SSSR count). The van der Waals surface area contributed by atoms with Crippen LogP contribution in [-0.2, 0) is 5.41 Å². The van der Waals surface area contributed by atoms with Gasteiger partial charge in [0.1, 0.15) is 5.69 Å². The van der Waals surface area contributed by atoms with Gasteiger partial charge in [-0.2, -0.15) is 4.98 Å². The van der Waals surface area contributed by atoms with Gasteiger partial charge >= 0.3 is 0 Å². The third-order valence-corrected chi connectivity index (χ3v) is 3.64. The molecule has 0 saturated carbocycles. The summed E-state index contributed by atoms with van der Waals surface area (Å²) in [4.78, 5) is 12.8. The number of rotatable bonds is 4. The standard InChI is InChI=1S/C13H17N5O/c1-2-3-13(4-5-15-9-13)12-17-11(18-19-12)10-8-14-6-7-16-10/h6-8,15H,2-5,9H2,1H3. The Bertz CT molecular complexity index is 533. The number of hydrogen-bond acceptors (Lipinski definition) is 6. The first kappa shape index (κ1) is 12.2. The molecule has 0 bridgehead atoms. The molecule has 100 valence electrons. The summed E-state index contributed by atoms with van der Waals surface area (Å²) >= 11 is 0. The zero-order chi connectivity index (χ0) is 13.1. The van der Waals surface area contributed by atoms with Crippen LogP contribution in [0.5, 0.6) is 0 Å². The first-order valence-electron chi connectivity index (χ1n) is 6.65. The summed E-state index contributed by atoms with van der Waals surface area (Å²) in [6.07, 6.45) is 8.11. The van der Waals surface area contributed by atoms with Crippen molar-refractivity contribution < 1.29 is 4.52 Å². The Morgan fingerprint density at radius 2 is 2.37 bits per heavy atom. The van der Waals surface area contributed by atoms with Crippen LogP contribution in [0.2, 0.25) is 0 Å². The molecule has 1 aliphatic rings. The third kappa shape index (κ3) is 2.23. The average Bonchev–Trinajstić information content (AvgIpc) is 3.09. The molecule has 1 unspecified atom stereocenters. The van der Waals surface area contributed by atoms with Crippen molar-refractivity contribution in [3.8, 4) is 11.5 Å². The molecular weight excluding hydrogens is 242 g/mol. The number of hydrogen-bond donors (Lipinski definition) is 1. The van der Waals surface area contributed by atoms with E-state index in [0.717, 1.165) is 38.2 Å². The van der Waals surface area contributed by atoms with Crippen LogP contribution >= 0.6 is 0 Å². The van der Waals surface area contributed by atoms with Crippen LogP contribution in [0.1, 0.15) is 32.1 Å². The highest BCUT2D eigenvalue weighted by Gasteiger charge is 2.40. The van der Waals surface area contributed by atoms with Crippen molar-refractivity contribution in [2.75, 3.05) is 13.1 Å². The molecule has 0 aliphatic carbocycles. The lowest BCUT2D eigenvalue weighted by atomic mass is 9.82. The average molecular weight is 259 g/mol. The second-order valence-corrected chi connectivity index (χ2v) is 4.97. The molecule has 3 heterocycles. The van der Waals surface area contributed by atoms with Gasteiger partial charge < -0.3 is 9.84 Å². The van der Waals surface area contributed by atoms with E-state index in [2.05, 4.69) is 32.3 Å². The first-order chi connectivity index (χ1) is 9.34. The second-order valence-electron chi connectivity index (χ2n) is 4.97. The van der Waals surface area contributed by atoms with Crippen LogP contribution in [0.3, 0.4) is 0 Å². The van der Waals surface area contributed by atoms with Gasteiger partial charge in [-0.05, 0) is 19.4 Å². The fourth-order valence-corrected chi connectivity index (χ4v) is 2.68. The maximum atomic E-state index is 5.49. The fraction of sp³-hybridized carbons (Fsp3) is 0.538. The van der Waals surface area contributed by atoms with Gasteiger partial charge in [0.2, 0.25) is 11.7 Å².